The Labute approximate surface area is 131 Å². The number of aromatic nitrogens is 1. The van der Waals surface area contributed by atoms with Gasteiger partial charge in [-0.15, -0.1) is 0 Å². The molecular formula is C17H12N2O4. The van der Waals surface area contributed by atoms with Gasteiger partial charge in [-0.25, -0.2) is 0 Å². The highest BCUT2D eigenvalue weighted by Gasteiger charge is 2.15. The number of benzene rings is 1. The lowest BCUT2D eigenvalue weighted by atomic mass is 10.0. The van der Waals surface area contributed by atoms with Crippen LogP contribution in [0.3, 0.4) is 0 Å². The number of aromatic amines is 1. The fourth-order valence-electron chi connectivity index (χ4n) is 2.40. The Morgan fingerprint density at radius 3 is 2.83 bits per heavy atom. The van der Waals surface area contributed by atoms with E-state index in [9.17, 15) is 9.59 Å². The molecule has 0 saturated carbocycles. The molecule has 3 aromatic rings. The van der Waals surface area contributed by atoms with Crippen molar-refractivity contribution < 1.29 is 19.1 Å². The molecule has 2 N–H and O–H groups in total. The van der Waals surface area contributed by atoms with E-state index in [4.69, 9.17) is 14.8 Å². The Morgan fingerprint density at radius 2 is 2.09 bits per heavy atom. The molecule has 0 radical (unpaired) electrons. The number of rotatable bonds is 5. The molecule has 6 nitrogen and oxygen atoms in total. The van der Waals surface area contributed by atoms with E-state index in [-0.39, 0.29) is 24.4 Å². The first-order valence-electron chi connectivity index (χ1n) is 6.93. The topological polar surface area (TPSA) is 107 Å². The highest BCUT2D eigenvalue weighted by atomic mass is 16.4. The lowest BCUT2D eigenvalue weighted by molar-refractivity contribution is -0.136. The SMILES string of the molecule is N#Cc1ccc2[nH]cc(-c3coc(C(=O)CCC(=O)O)c3)c2c1. The van der Waals surface area contributed by atoms with Gasteiger partial charge < -0.3 is 14.5 Å². The number of hydrogen-bond donors (Lipinski definition) is 2. The van der Waals surface area contributed by atoms with Crippen LogP contribution < -0.4 is 0 Å². The van der Waals surface area contributed by atoms with Crippen LogP contribution in [0.25, 0.3) is 22.0 Å². The van der Waals surface area contributed by atoms with E-state index in [2.05, 4.69) is 11.1 Å². The molecule has 2 aromatic heterocycles. The van der Waals surface area contributed by atoms with Crippen LogP contribution in [0.15, 0.2) is 41.1 Å². The normalized spacial score (nSPS) is 10.6. The maximum Gasteiger partial charge on any atom is 0.303 e. The smallest absolute Gasteiger partial charge is 0.303 e. The number of hydrogen-bond acceptors (Lipinski definition) is 4. The number of aliphatic carboxylic acids is 1. The van der Waals surface area contributed by atoms with Crippen LogP contribution in [0.2, 0.25) is 0 Å². The third kappa shape index (κ3) is 2.85. The van der Waals surface area contributed by atoms with Gasteiger partial charge in [0.1, 0.15) is 0 Å². The van der Waals surface area contributed by atoms with Crippen molar-refractivity contribution in [1.82, 2.24) is 4.98 Å². The van der Waals surface area contributed by atoms with E-state index < -0.39 is 5.97 Å². The van der Waals surface area contributed by atoms with E-state index in [1.807, 2.05) is 6.07 Å². The van der Waals surface area contributed by atoms with E-state index in [0.717, 1.165) is 16.5 Å². The van der Waals surface area contributed by atoms with Gasteiger partial charge in [-0.3, -0.25) is 9.59 Å². The molecule has 0 bridgehead atoms. The molecule has 114 valence electrons. The van der Waals surface area contributed by atoms with Crippen LogP contribution in [-0.2, 0) is 4.79 Å². The molecule has 0 atom stereocenters. The summed E-state index contributed by atoms with van der Waals surface area (Å²) in [5.74, 6) is -1.24. The summed E-state index contributed by atoms with van der Waals surface area (Å²) in [4.78, 5) is 25.5. The fourth-order valence-corrected chi connectivity index (χ4v) is 2.40. The zero-order chi connectivity index (χ0) is 16.4. The van der Waals surface area contributed by atoms with Gasteiger partial charge in [-0.1, -0.05) is 0 Å². The number of fused-ring (bicyclic) bond motifs is 1. The van der Waals surface area contributed by atoms with E-state index in [1.165, 1.54) is 6.26 Å². The summed E-state index contributed by atoms with van der Waals surface area (Å²) in [6.07, 6.45) is 2.90. The molecule has 0 aliphatic rings. The number of H-pyrrole nitrogens is 1. The lowest BCUT2D eigenvalue weighted by Gasteiger charge is -1.95. The van der Waals surface area contributed by atoms with Gasteiger partial charge in [0.05, 0.1) is 24.3 Å². The Hall–Kier alpha value is -3.33. The maximum atomic E-state index is 11.9. The number of furan rings is 1. The number of nitrogens with zero attached hydrogens (tertiary/aromatic N) is 1. The molecule has 0 spiro atoms. The third-order valence-corrected chi connectivity index (χ3v) is 3.56. The molecular weight excluding hydrogens is 296 g/mol. The van der Waals surface area contributed by atoms with Crippen molar-refractivity contribution in [1.29, 1.82) is 5.26 Å². The maximum absolute atomic E-state index is 11.9. The van der Waals surface area contributed by atoms with E-state index in [0.29, 0.717) is 11.1 Å². The number of carbonyl (C=O) groups excluding carboxylic acids is 1. The Balaban J connectivity index is 1.93. The predicted octanol–water partition coefficient (Wildman–Crippen LogP) is 3.35. The lowest BCUT2D eigenvalue weighted by Crippen LogP contribution is -2.02. The molecule has 0 saturated heterocycles. The summed E-state index contributed by atoms with van der Waals surface area (Å²) >= 11 is 0. The second-order valence-electron chi connectivity index (χ2n) is 5.09. The van der Waals surface area contributed by atoms with Crippen molar-refractivity contribution in [2.75, 3.05) is 0 Å². The van der Waals surface area contributed by atoms with Crippen molar-refractivity contribution in [3.63, 3.8) is 0 Å². The molecule has 0 aliphatic heterocycles. The number of nitrogens with one attached hydrogen (secondary N) is 1. The van der Waals surface area contributed by atoms with Gasteiger partial charge in [0.2, 0.25) is 0 Å². The highest BCUT2D eigenvalue weighted by molar-refractivity contribution is 5.99. The molecule has 2 heterocycles. The summed E-state index contributed by atoms with van der Waals surface area (Å²) < 4.78 is 5.27. The first-order chi connectivity index (χ1) is 11.1. The van der Waals surface area contributed by atoms with Crippen LogP contribution in [0.1, 0.15) is 29.0 Å². The second kappa shape index (κ2) is 5.81. The molecule has 3 rings (SSSR count). The molecule has 23 heavy (non-hydrogen) atoms. The fraction of sp³-hybridized carbons (Fsp3) is 0.118. The third-order valence-electron chi connectivity index (χ3n) is 3.56. The summed E-state index contributed by atoms with van der Waals surface area (Å²) in [5.41, 5.74) is 2.93. The summed E-state index contributed by atoms with van der Waals surface area (Å²) in [6.45, 7) is 0. The van der Waals surface area contributed by atoms with Gasteiger partial charge in [0, 0.05) is 34.6 Å². The quantitative estimate of drug-likeness (QED) is 0.703. The van der Waals surface area contributed by atoms with Crippen LogP contribution >= 0.6 is 0 Å². The molecule has 0 unspecified atom stereocenters. The van der Waals surface area contributed by atoms with E-state index >= 15 is 0 Å². The van der Waals surface area contributed by atoms with Crippen molar-refractivity contribution >= 4 is 22.7 Å². The minimum atomic E-state index is -1.02. The second-order valence-corrected chi connectivity index (χ2v) is 5.09. The Kier molecular flexibility index (Phi) is 3.69. The Bertz CT molecular complexity index is 943. The monoisotopic (exact) mass is 308 g/mol. The number of carboxylic acids is 1. The van der Waals surface area contributed by atoms with Crippen LogP contribution in [0.4, 0.5) is 0 Å². The summed E-state index contributed by atoms with van der Waals surface area (Å²) in [6, 6.07) is 8.98. The van der Waals surface area contributed by atoms with Crippen LogP contribution in [0, 0.1) is 11.3 Å². The number of carbonyl (C=O) groups is 2. The van der Waals surface area contributed by atoms with Gasteiger partial charge in [0.15, 0.2) is 11.5 Å². The molecule has 0 fully saturated rings. The summed E-state index contributed by atoms with van der Waals surface area (Å²) in [5, 5.41) is 18.5. The minimum Gasteiger partial charge on any atom is -0.481 e. The van der Waals surface area contributed by atoms with Crippen LogP contribution in [-0.4, -0.2) is 21.8 Å². The highest BCUT2D eigenvalue weighted by Crippen LogP contribution is 2.31. The zero-order valence-corrected chi connectivity index (χ0v) is 12.0. The molecule has 6 heteroatoms. The summed E-state index contributed by atoms with van der Waals surface area (Å²) in [7, 11) is 0. The number of carboxylic acid groups (broad SMARTS) is 1. The van der Waals surface area contributed by atoms with Crippen molar-refractivity contribution in [2.24, 2.45) is 0 Å². The number of Topliss-reactive ketones (excluding diaryl/α,β-unsaturated/α-hetero) is 1. The first kappa shape index (κ1) is 14.6. The predicted molar refractivity (Wildman–Crippen MR) is 81.9 cm³/mol. The first-order valence-corrected chi connectivity index (χ1v) is 6.93. The van der Waals surface area contributed by atoms with Crippen molar-refractivity contribution in [2.45, 2.75) is 12.8 Å². The van der Waals surface area contributed by atoms with Gasteiger partial charge in [-0.2, -0.15) is 5.26 Å². The minimum absolute atomic E-state index is 0.102. The standard InChI is InChI=1S/C17H12N2O4/c18-7-10-1-2-14-12(5-10)13(8-19-14)11-6-16(23-9-11)15(20)3-4-17(21)22/h1-2,5-6,8-9,19H,3-4H2,(H,21,22). The van der Waals surface area contributed by atoms with E-state index in [1.54, 1.807) is 24.4 Å². The zero-order valence-electron chi connectivity index (χ0n) is 12.0. The van der Waals surface area contributed by atoms with Crippen molar-refractivity contribution in [3.8, 4) is 17.2 Å². The molecule has 1 aromatic carbocycles. The largest absolute Gasteiger partial charge is 0.481 e. The molecule has 0 amide bonds. The molecule has 0 aliphatic carbocycles. The average Bonchev–Trinajstić information content (AvgIpc) is 3.18. The van der Waals surface area contributed by atoms with Gasteiger partial charge in [-0.05, 0) is 24.3 Å². The van der Waals surface area contributed by atoms with Gasteiger partial charge >= 0.3 is 5.97 Å². The number of ketones is 1. The van der Waals surface area contributed by atoms with Crippen molar-refractivity contribution in [3.05, 3.63) is 48.0 Å². The average molecular weight is 308 g/mol. The number of nitriles is 1. The Morgan fingerprint density at radius 1 is 1.26 bits per heavy atom. The van der Waals surface area contributed by atoms with Gasteiger partial charge in [0.25, 0.3) is 0 Å². The van der Waals surface area contributed by atoms with Crippen LogP contribution in [0.5, 0.6) is 0 Å².